The van der Waals surface area contributed by atoms with Crippen LogP contribution in [0.25, 0.3) is 5.69 Å². The van der Waals surface area contributed by atoms with E-state index in [4.69, 9.17) is 23.8 Å². The van der Waals surface area contributed by atoms with Crippen molar-refractivity contribution >= 4 is 47.0 Å². The summed E-state index contributed by atoms with van der Waals surface area (Å²) < 4.78 is 2.10. The molecule has 8 heteroatoms. The predicted octanol–water partition coefficient (Wildman–Crippen LogP) is 4.57. The molecule has 1 aliphatic rings. The Morgan fingerprint density at radius 1 is 1.18 bits per heavy atom. The van der Waals surface area contributed by atoms with Gasteiger partial charge < -0.3 is 15.2 Å². The van der Waals surface area contributed by atoms with Gasteiger partial charge >= 0.3 is 0 Å². The van der Waals surface area contributed by atoms with Gasteiger partial charge in [0.25, 0.3) is 5.91 Å². The Labute approximate surface area is 171 Å². The molecule has 2 N–H and O–H groups in total. The average Bonchev–Trinajstić information content (AvgIpc) is 3.28. The molecule has 6 nitrogen and oxygen atoms in total. The van der Waals surface area contributed by atoms with Gasteiger partial charge in [-0.1, -0.05) is 29.8 Å². The molecule has 1 aromatic heterocycles. The normalized spacial score (nSPS) is 13.8. The number of nitrogens with one attached hydrogen (secondary N) is 2. The molecule has 2 heterocycles. The number of rotatable bonds is 4. The monoisotopic (exact) mass is 412 g/mol. The minimum Gasteiger partial charge on any atom is -0.336 e. The molecule has 1 saturated heterocycles. The third-order valence-corrected chi connectivity index (χ3v) is 5.20. The zero-order valence-corrected chi connectivity index (χ0v) is 16.4. The molecule has 3 aromatic rings. The summed E-state index contributed by atoms with van der Waals surface area (Å²) in [5, 5.41) is 3.26. The number of nitrogens with zero attached hydrogens (tertiary/aromatic N) is 2. The van der Waals surface area contributed by atoms with Gasteiger partial charge in [0.15, 0.2) is 4.77 Å². The molecular formula is C20H17ClN4O2S. The van der Waals surface area contributed by atoms with E-state index in [2.05, 4.69) is 10.3 Å². The molecule has 0 atom stereocenters. The zero-order chi connectivity index (χ0) is 19.7. The Morgan fingerprint density at radius 2 is 1.96 bits per heavy atom. The quantitative estimate of drug-likeness (QED) is 0.617. The topological polar surface area (TPSA) is 70.1 Å². The largest absolute Gasteiger partial charge is 0.336 e. The van der Waals surface area contributed by atoms with Crippen LogP contribution in [0.1, 0.15) is 23.3 Å². The first-order valence-corrected chi connectivity index (χ1v) is 9.60. The molecule has 0 saturated carbocycles. The Hall–Kier alpha value is -2.90. The van der Waals surface area contributed by atoms with Gasteiger partial charge in [0.2, 0.25) is 5.91 Å². The van der Waals surface area contributed by atoms with Crippen molar-refractivity contribution in [1.29, 1.82) is 0 Å². The first kappa shape index (κ1) is 18.5. The predicted molar refractivity (Wildman–Crippen MR) is 112 cm³/mol. The summed E-state index contributed by atoms with van der Waals surface area (Å²) in [6.07, 6.45) is 2.93. The van der Waals surface area contributed by atoms with Crippen LogP contribution >= 0.6 is 23.8 Å². The fourth-order valence-electron chi connectivity index (χ4n) is 3.27. The number of anilines is 2. The summed E-state index contributed by atoms with van der Waals surface area (Å²) in [4.78, 5) is 29.3. The Balaban J connectivity index is 1.59. The van der Waals surface area contributed by atoms with Crippen LogP contribution in [0, 0.1) is 4.77 Å². The van der Waals surface area contributed by atoms with Crippen LogP contribution in [0.15, 0.2) is 54.7 Å². The Bertz CT molecular complexity index is 1110. The maximum absolute atomic E-state index is 12.8. The second-order valence-electron chi connectivity index (χ2n) is 6.42. The van der Waals surface area contributed by atoms with Crippen molar-refractivity contribution in [1.82, 2.24) is 9.55 Å². The SMILES string of the molecule is O=C(Nc1ccc(N2CCCC2=O)c(Cl)c1)c1c[nH]c(=S)n1-c1ccccc1. The number of hydrogen-bond acceptors (Lipinski definition) is 3. The number of aromatic amines is 1. The molecule has 28 heavy (non-hydrogen) atoms. The Morgan fingerprint density at radius 3 is 2.64 bits per heavy atom. The van der Waals surface area contributed by atoms with Crippen molar-refractivity contribution in [3.8, 4) is 5.69 Å². The van der Waals surface area contributed by atoms with Crippen molar-refractivity contribution in [2.24, 2.45) is 0 Å². The zero-order valence-electron chi connectivity index (χ0n) is 14.8. The fraction of sp³-hybridized carbons (Fsp3) is 0.150. The minimum atomic E-state index is -0.322. The fourth-order valence-corrected chi connectivity index (χ4v) is 3.82. The van der Waals surface area contributed by atoms with E-state index in [1.165, 1.54) is 0 Å². The molecule has 0 unspecified atom stereocenters. The second kappa shape index (κ2) is 7.61. The van der Waals surface area contributed by atoms with Crippen LogP contribution in [-0.2, 0) is 4.79 Å². The van der Waals surface area contributed by atoms with E-state index in [9.17, 15) is 9.59 Å². The standard InChI is InChI=1S/C20H17ClN4O2S/c21-15-11-13(8-9-16(15)24-10-4-7-18(24)26)23-19(27)17-12-22-20(28)25(17)14-5-2-1-3-6-14/h1-3,5-6,8-9,11-12H,4,7,10H2,(H,22,28)(H,23,27). The van der Waals surface area contributed by atoms with Gasteiger partial charge in [-0.3, -0.25) is 14.2 Å². The molecule has 0 aliphatic carbocycles. The van der Waals surface area contributed by atoms with E-state index < -0.39 is 0 Å². The van der Waals surface area contributed by atoms with E-state index in [0.717, 1.165) is 12.1 Å². The summed E-state index contributed by atoms with van der Waals surface area (Å²) in [5.74, 6) is -0.259. The lowest BCUT2D eigenvalue weighted by molar-refractivity contribution is -0.117. The molecule has 142 valence electrons. The summed E-state index contributed by atoms with van der Waals surface area (Å²) in [6, 6.07) is 14.5. The highest BCUT2D eigenvalue weighted by atomic mass is 35.5. The van der Waals surface area contributed by atoms with E-state index >= 15 is 0 Å². The van der Waals surface area contributed by atoms with E-state index in [-0.39, 0.29) is 11.8 Å². The van der Waals surface area contributed by atoms with Gasteiger partial charge in [-0.15, -0.1) is 0 Å². The highest BCUT2D eigenvalue weighted by Crippen LogP contribution is 2.31. The van der Waals surface area contributed by atoms with Gasteiger partial charge in [-0.25, -0.2) is 0 Å². The molecule has 2 amide bonds. The van der Waals surface area contributed by atoms with Gasteiger partial charge in [0.05, 0.1) is 10.7 Å². The number of para-hydroxylation sites is 1. The van der Waals surface area contributed by atoms with Crippen molar-refractivity contribution < 1.29 is 9.59 Å². The maximum Gasteiger partial charge on any atom is 0.274 e. The van der Waals surface area contributed by atoms with Gasteiger partial charge in [-0.05, 0) is 49.0 Å². The minimum absolute atomic E-state index is 0.0629. The smallest absolute Gasteiger partial charge is 0.274 e. The van der Waals surface area contributed by atoms with Crippen molar-refractivity contribution in [3.05, 3.63) is 70.2 Å². The highest BCUT2D eigenvalue weighted by Gasteiger charge is 2.24. The van der Waals surface area contributed by atoms with E-state index in [1.54, 1.807) is 33.9 Å². The van der Waals surface area contributed by atoms with Crippen LogP contribution in [0.2, 0.25) is 5.02 Å². The maximum atomic E-state index is 12.8. The van der Waals surface area contributed by atoms with E-state index in [1.807, 2.05) is 30.3 Å². The number of imidazole rings is 1. The van der Waals surface area contributed by atoms with Crippen LogP contribution in [-0.4, -0.2) is 27.9 Å². The molecule has 1 aliphatic heterocycles. The molecule has 0 spiro atoms. The van der Waals surface area contributed by atoms with Crippen molar-refractivity contribution in [3.63, 3.8) is 0 Å². The molecule has 0 radical (unpaired) electrons. The number of aromatic nitrogens is 2. The lowest BCUT2D eigenvalue weighted by Gasteiger charge is -2.18. The third kappa shape index (κ3) is 3.46. The number of carbonyl (C=O) groups excluding carboxylic acids is 2. The molecular weight excluding hydrogens is 396 g/mol. The van der Waals surface area contributed by atoms with Gasteiger partial charge in [-0.2, -0.15) is 0 Å². The average molecular weight is 413 g/mol. The first-order chi connectivity index (χ1) is 13.5. The van der Waals surface area contributed by atoms with Gasteiger partial charge in [0.1, 0.15) is 5.69 Å². The summed E-state index contributed by atoms with van der Waals surface area (Å²) in [6.45, 7) is 0.659. The molecule has 0 bridgehead atoms. The first-order valence-electron chi connectivity index (χ1n) is 8.82. The number of hydrogen-bond donors (Lipinski definition) is 2. The molecule has 2 aromatic carbocycles. The summed E-state index contributed by atoms with van der Waals surface area (Å²) >= 11 is 11.7. The number of benzene rings is 2. The second-order valence-corrected chi connectivity index (χ2v) is 7.21. The van der Waals surface area contributed by atoms with Crippen LogP contribution in [0.4, 0.5) is 11.4 Å². The summed E-state index contributed by atoms with van der Waals surface area (Å²) in [5.41, 5.74) is 2.37. The highest BCUT2D eigenvalue weighted by molar-refractivity contribution is 7.71. The lowest BCUT2D eigenvalue weighted by atomic mass is 10.2. The summed E-state index contributed by atoms with van der Waals surface area (Å²) in [7, 11) is 0. The van der Waals surface area contributed by atoms with E-state index in [0.29, 0.717) is 39.8 Å². The van der Waals surface area contributed by atoms with Crippen LogP contribution in [0.3, 0.4) is 0 Å². The van der Waals surface area contributed by atoms with Crippen molar-refractivity contribution in [2.75, 3.05) is 16.8 Å². The van der Waals surface area contributed by atoms with Crippen LogP contribution < -0.4 is 10.2 Å². The van der Waals surface area contributed by atoms with Gasteiger partial charge in [0, 0.05) is 30.5 Å². The third-order valence-electron chi connectivity index (χ3n) is 4.59. The van der Waals surface area contributed by atoms with Crippen molar-refractivity contribution in [2.45, 2.75) is 12.8 Å². The molecule has 4 rings (SSSR count). The number of carbonyl (C=O) groups is 2. The number of H-pyrrole nitrogens is 1. The number of amides is 2. The lowest BCUT2D eigenvalue weighted by Crippen LogP contribution is -2.24. The Kier molecular flexibility index (Phi) is 5.02. The number of halogens is 1. The molecule has 1 fully saturated rings. The van der Waals surface area contributed by atoms with Crippen LogP contribution in [0.5, 0.6) is 0 Å².